The summed E-state index contributed by atoms with van der Waals surface area (Å²) in [5.41, 5.74) is 0.852. The Bertz CT molecular complexity index is 1300. The van der Waals surface area contributed by atoms with Crippen LogP contribution in [0.25, 0.3) is 0 Å². The van der Waals surface area contributed by atoms with E-state index in [9.17, 15) is 13.6 Å². The molecule has 198 valence electrons. The normalized spacial score (nSPS) is 16.5. The van der Waals surface area contributed by atoms with Gasteiger partial charge in [0.2, 0.25) is 0 Å². The van der Waals surface area contributed by atoms with Crippen LogP contribution in [0.15, 0.2) is 52.7 Å². The van der Waals surface area contributed by atoms with Crippen LogP contribution in [0.2, 0.25) is 0 Å². The minimum absolute atomic E-state index is 0.0556. The number of carbonyl (C=O) groups excluding carboxylic acids is 1. The molecule has 1 aromatic heterocycles. The first-order valence-electron chi connectivity index (χ1n) is 11.8. The third kappa shape index (κ3) is 7.72. The van der Waals surface area contributed by atoms with Crippen molar-refractivity contribution in [1.29, 1.82) is 0 Å². The zero-order valence-electron chi connectivity index (χ0n) is 20.8. The van der Waals surface area contributed by atoms with Crippen molar-refractivity contribution in [2.75, 3.05) is 24.8 Å². The van der Waals surface area contributed by atoms with Crippen LogP contribution in [-0.4, -0.2) is 40.7 Å². The standard InChI is InChI=1S/C25H29N2O7PS2/c1-4-17(2)33-21-12-18(13-22(14-21)34-20-6-8-23(9-7-20)37(3)30)24(28)27-25-26-19(16-36-25)15-35(29)31-10-5-11-32-35/h6-9,12-14,16-17H,4-5,10-11,15H2,1-3H3,(H,26,27,28)/t17-,37?/m0/s1. The Labute approximate surface area is 222 Å². The lowest BCUT2D eigenvalue weighted by Crippen LogP contribution is -2.14. The van der Waals surface area contributed by atoms with Crippen LogP contribution >= 0.6 is 18.9 Å². The van der Waals surface area contributed by atoms with Crippen molar-refractivity contribution in [3.05, 3.63) is 59.1 Å². The smallest absolute Gasteiger partial charge is 0.336 e. The number of hydrogen-bond donors (Lipinski definition) is 1. The summed E-state index contributed by atoms with van der Waals surface area (Å²) in [5, 5.41) is 4.87. The molecule has 37 heavy (non-hydrogen) atoms. The molecule has 0 spiro atoms. The first-order valence-corrected chi connectivity index (χ1v) is 16.0. The second-order valence-corrected chi connectivity index (χ2v) is 12.7. The number of aromatic nitrogens is 1. The summed E-state index contributed by atoms with van der Waals surface area (Å²) in [4.78, 5) is 18.2. The number of nitrogens with one attached hydrogen (secondary N) is 1. The number of amides is 1. The van der Waals surface area contributed by atoms with Crippen LogP contribution in [0, 0.1) is 0 Å². The third-order valence-corrected chi connectivity index (χ3v) is 9.04. The molecular formula is C25H29N2O7PS2. The summed E-state index contributed by atoms with van der Waals surface area (Å²) in [6, 6.07) is 11.9. The van der Waals surface area contributed by atoms with E-state index >= 15 is 0 Å². The predicted molar refractivity (Wildman–Crippen MR) is 144 cm³/mol. The lowest BCUT2D eigenvalue weighted by Gasteiger charge is -2.21. The molecule has 12 heteroatoms. The Morgan fingerprint density at radius 3 is 2.54 bits per heavy atom. The second kappa shape index (κ2) is 12.3. The summed E-state index contributed by atoms with van der Waals surface area (Å²) in [7, 11) is -4.30. The van der Waals surface area contributed by atoms with E-state index in [2.05, 4.69) is 10.3 Å². The fraction of sp³-hybridized carbons (Fsp3) is 0.360. The molecular weight excluding hydrogens is 535 g/mol. The van der Waals surface area contributed by atoms with Gasteiger partial charge in [0.05, 0.1) is 31.2 Å². The molecule has 0 aliphatic carbocycles. The minimum Gasteiger partial charge on any atom is -0.491 e. The van der Waals surface area contributed by atoms with Crippen molar-refractivity contribution in [3.8, 4) is 17.2 Å². The number of rotatable bonds is 10. The monoisotopic (exact) mass is 564 g/mol. The maximum absolute atomic E-state index is 13.1. The third-order valence-electron chi connectivity index (χ3n) is 5.44. The first kappa shape index (κ1) is 27.5. The maximum atomic E-state index is 13.1. The van der Waals surface area contributed by atoms with Gasteiger partial charge in [-0.15, -0.1) is 11.3 Å². The lowest BCUT2D eigenvalue weighted by atomic mass is 10.2. The Morgan fingerprint density at radius 2 is 1.86 bits per heavy atom. The topological polar surface area (TPSA) is 113 Å². The molecule has 0 radical (unpaired) electrons. The SMILES string of the molecule is CC[C@H](C)Oc1cc(Oc2ccc(S(C)=O)cc2)cc(C(=O)Nc2nc(CP3(=O)OCCCO3)cs2)c1. The van der Waals surface area contributed by atoms with Crippen molar-refractivity contribution >= 4 is 40.8 Å². The first-order chi connectivity index (χ1) is 17.7. The van der Waals surface area contributed by atoms with Crippen LogP contribution < -0.4 is 14.8 Å². The summed E-state index contributed by atoms with van der Waals surface area (Å²) in [6.07, 6.45) is 3.11. The lowest BCUT2D eigenvalue weighted by molar-refractivity contribution is 0.102. The number of benzene rings is 2. The fourth-order valence-corrected chi connectivity index (χ4v) is 6.36. The average molecular weight is 565 g/mol. The van der Waals surface area contributed by atoms with Crippen molar-refractivity contribution in [2.45, 2.75) is 43.9 Å². The van der Waals surface area contributed by atoms with E-state index in [1.54, 1.807) is 54.1 Å². The van der Waals surface area contributed by atoms with Crippen LogP contribution in [0.3, 0.4) is 0 Å². The molecule has 2 aromatic carbocycles. The van der Waals surface area contributed by atoms with Gasteiger partial charge in [-0.25, -0.2) is 4.98 Å². The molecule has 1 saturated heterocycles. The van der Waals surface area contributed by atoms with Gasteiger partial charge in [0.1, 0.15) is 17.2 Å². The Hall–Kier alpha value is -2.56. The van der Waals surface area contributed by atoms with E-state index < -0.39 is 24.3 Å². The molecule has 1 unspecified atom stereocenters. The van der Waals surface area contributed by atoms with Crippen LogP contribution in [0.1, 0.15) is 42.7 Å². The van der Waals surface area contributed by atoms with E-state index in [4.69, 9.17) is 18.5 Å². The number of nitrogens with zero attached hydrogens (tertiary/aromatic N) is 1. The van der Waals surface area contributed by atoms with Gasteiger partial charge in [0.25, 0.3) is 5.91 Å². The van der Waals surface area contributed by atoms with Gasteiger partial charge in [-0.2, -0.15) is 0 Å². The highest BCUT2D eigenvalue weighted by Crippen LogP contribution is 2.53. The Morgan fingerprint density at radius 1 is 1.16 bits per heavy atom. The van der Waals surface area contributed by atoms with Gasteiger partial charge in [-0.3, -0.25) is 18.9 Å². The molecule has 1 amide bonds. The Kier molecular flexibility index (Phi) is 9.15. The molecule has 1 N–H and O–H groups in total. The highest BCUT2D eigenvalue weighted by Gasteiger charge is 2.29. The van der Waals surface area contributed by atoms with Gasteiger partial charge in [-0.1, -0.05) is 6.92 Å². The molecule has 2 heterocycles. The predicted octanol–water partition coefficient (Wildman–Crippen LogP) is 6.23. The molecule has 2 atom stereocenters. The van der Waals surface area contributed by atoms with E-state index in [0.29, 0.717) is 58.2 Å². The van der Waals surface area contributed by atoms with Crippen molar-refractivity contribution in [1.82, 2.24) is 4.98 Å². The van der Waals surface area contributed by atoms with Gasteiger partial charge in [-0.05, 0) is 56.2 Å². The molecule has 1 aliphatic rings. The number of hydrogen-bond acceptors (Lipinski definition) is 9. The van der Waals surface area contributed by atoms with Gasteiger partial charge in [0, 0.05) is 39.0 Å². The van der Waals surface area contributed by atoms with Crippen molar-refractivity contribution in [3.63, 3.8) is 0 Å². The van der Waals surface area contributed by atoms with E-state index in [1.807, 2.05) is 13.8 Å². The Balaban J connectivity index is 1.51. The van der Waals surface area contributed by atoms with Crippen LogP contribution in [-0.2, 0) is 30.6 Å². The molecule has 3 aromatic rings. The van der Waals surface area contributed by atoms with Crippen LogP contribution in [0.4, 0.5) is 5.13 Å². The van der Waals surface area contributed by atoms with Gasteiger partial charge < -0.3 is 18.5 Å². The van der Waals surface area contributed by atoms with Gasteiger partial charge >= 0.3 is 7.60 Å². The number of ether oxygens (including phenoxy) is 2. The summed E-state index contributed by atoms with van der Waals surface area (Å²) in [6.45, 7) is 4.74. The van der Waals surface area contributed by atoms with E-state index in [0.717, 1.165) is 6.42 Å². The van der Waals surface area contributed by atoms with E-state index in [-0.39, 0.29) is 12.3 Å². The highest BCUT2D eigenvalue weighted by atomic mass is 32.2. The van der Waals surface area contributed by atoms with Crippen LogP contribution in [0.5, 0.6) is 17.2 Å². The summed E-state index contributed by atoms with van der Waals surface area (Å²) < 4.78 is 46.9. The number of thiazole rings is 1. The molecule has 1 fully saturated rings. The average Bonchev–Trinajstić information content (AvgIpc) is 3.30. The zero-order valence-corrected chi connectivity index (χ0v) is 23.3. The van der Waals surface area contributed by atoms with Crippen molar-refractivity contribution in [2.24, 2.45) is 0 Å². The quantitative estimate of drug-likeness (QED) is 0.288. The largest absolute Gasteiger partial charge is 0.491 e. The summed E-state index contributed by atoms with van der Waals surface area (Å²) >= 11 is 1.23. The molecule has 0 saturated carbocycles. The summed E-state index contributed by atoms with van der Waals surface area (Å²) in [5.74, 6) is 1.05. The maximum Gasteiger partial charge on any atom is 0.336 e. The fourth-order valence-electron chi connectivity index (χ4n) is 3.38. The molecule has 1 aliphatic heterocycles. The minimum atomic E-state index is -3.20. The number of carbonyl (C=O) groups is 1. The zero-order chi connectivity index (χ0) is 26.4. The van der Waals surface area contributed by atoms with Crippen molar-refractivity contribution < 1.29 is 32.1 Å². The molecule has 4 rings (SSSR count). The highest BCUT2D eigenvalue weighted by molar-refractivity contribution is 7.84. The van der Waals surface area contributed by atoms with Gasteiger partial charge in [0.15, 0.2) is 5.13 Å². The number of anilines is 1. The second-order valence-electron chi connectivity index (χ2n) is 8.44. The molecule has 9 nitrogen and oxygen atoms in total. The molecule has 0 bridgehead atoms. The van der Waals surface area contributed by atoms with E-state index in [1.165, 1.54) is 11.3 Å².